The highest BCUT2D eigenvalue weighted by molar-refractivity contribution is 9.10. The Morgan fingerprint density at radius 1 is 1.24 bits per heavy atom. The van der Waals surface area contributed by atoms with Gasteiger partial charge in [-0.05, 0) is 66.1 Å². The molecule has 1 N–H and O–H groups in total. The third kappa shape index (κ3) is 3.59. The number of furan rings is 1. The molecule has 1 aromatic rings. The smallest absolute Gasteiger partial charge is 0.169 e. The molecule has 17 heavy (non-hydrogen) atoms. The Bertz CT molecular complexity index is 353. The molecule has 1 aliphatic carbocycles. The van der Waals surface area contributed by atoms with Gasteiger partial charge in [-0.15, -0.1) is 0 Å². The summed E-state index contributed by atoms with van der Waals surface area (Å²) in [7, 11) is 0. The predicted molar refractivity (Wildman–Crippen MR) is 73.9 cm³/mol. The molecule has 0 radical (unpaired) electrons. The fraction of sp³-hybridized carbons (Fsp3) is 0.714. The molecule has 1 aliphatic rings. The lowest BCUT2D eigenvalue weighted by Gasteiger charge is -2.33. The summed E-state index contributed by atoms with van der Waals surface area (Å²) in [6.07, 6.45) is 3.95. The fourth-order valence-corrected chi connectivity index (χ4v) is 3.40. The van der Waals surface area contributed by atoms with Crippen molar-refractivity contribution in [2.75, 3.05) is 0 Å². The van der Waals surface area contributed by atoms with Crippen LogP contribution in [0, 0.1) is 11.8 Å². The van der Waals surface area contributed by atoms with E-state index in [2.05, 4.69) is 42.0 Å². The molecule has 0 aromatic carbocycles. The summed E-state index contributed by atoms with van der Waals surface area (Å²) in [5.41, 5.74) is 0. The van der Waals surface area contributed by atoms with Crippen LogP contribution in [0.5, 0.6) is 0 Å². The standard InChI is InChI=1S/C14H22BrNO/c1-9-6-10(2)8-12(7-9)16-11(3)13-4-5-14(15)17-13/h4-5,9-12,16H,6-8H2,1-3H3. The molecule has 3 unspecified atom stereocenters. The van der Waals surface area contributed by atoms with Crippen LogP contribution < -0.4 is 5.32 Å². The Morgan fingerprint density at radius 3 is 2.41 bits per heavy atom. The van der Waals surface area contributed by atoms with Gasteiger partial charge in [-0.1, -0.05) is 13.8 Å². The first-order valence-corrected chi connectivity index (χ1v) is 7.35. The van der Waals surface area contributed by atoms with E-state index in [1.807, 2.05) is 12.1 Å². The lowest BCUT2D eigenvalue weighted by Crippen LogP contribution is -2.37. The summed E-state index contributed by atoms with van der Waals surface area (Å²) < 4.78 is 6.41. The highest BCUT2D eigenvalue weighted by Crippen LogP contribution is 2.30. The molecule has 0 bridgehead atoms. The minimum absolute atomic E-state index is 0.295. The summed E-state index contributed by atoms with van der Waals surface area (Å²) in [6.45, 7) is 6.90. The second kappa shape index (κ2) is 5.57. The van der Waals surface area contributed by atoms with Crippen LogP contribution in [0.3, 0.4) is 0 Å². The first-order chi connectivity index (χ1) is 8.04. The summed E-state index contributed by atoms with van der Waals surface area (Å²) in [5.74, 6) is 2.70. The predicted octanol–water partition coefficient (Wildman–Crippen LogP) is 4.52. The highest BCUT2D eigenvalue weighted by Gasteiger charge is 2.25. The van der Waals surface area contributed by atoms with Crippen LogP contribution in [0.25, 0.3) is 0 Å². The third-order valence-corrected chi connectivity index (χ3v) is 4.11. The van der Waals surface area contributed by atoms with Gasteiger partial charge in [0.15, 0.2) is 4.67 Å². The van der Waals surface area contributed by atoms with Crippen molar-refractivity contribution in [1.82, 2.24) is 5.32 Å². The van der Waals surface area contributed by atoms with Gasteiger partial charge in [-0.2, -0.15) is 0 Å². The van der Waals surface area contributed by atoms with Crippen molar-refractivity contribution < 1.29 is 4.42 Å². The van der Waals surface area contributed by atoms with Gasteiger partial charge in [0, 0.05) is 6.04 Å². The van der Waals surface area contributed by atoms with E-state index in [0.717, 1.165) is 22.3 Å². The van der Waals surface area contributed by atoms with Gasteiger partial charge in [0.2, 0.25) is 0 Å². The molecule has 1 saturated carbocycles. The maximum atomic E-state index is 5.59. The maximum Gasteiger partial charge on any atom is 0.169 e. The third-order valence-electron chi connectivity index (χ3n) is 3.68. The molecular formula is C14H22BrNO. The lowest BCUT2D eigenvalue weighted by molar-refractivity contribution is 0.222. The van der Waals surface area contributed by atoms with E-state index in [1.54, 1.807) is 0 Å². The van der Waals surface area contributed by atoms with Crippen molar-refractivity contribution in [2.24, 2.45) is 11.8 Å². The maximum absolute atomic E-state index is 5.59. The summed E-state index contributed by atoms with van der Waals surface area (Å²) in [5, 5.41) is 3.69. The molecule has 1 fully saturated rings. The van der Waals surface area contributed by atoms with E-state index in [9.17, 15) is 0 Å². The first-order valence-electron chi connectivity index (χ1n) is 6.56. The Hall–Kier alpha value is -0.280. The normalized spacial score (nSPS) is 31.4. The molecule has 1 heterocycles. The van der Waals surface area contributed by atoms with Gasteiger partial charge in [0.05, 0.1) is 6.04 Å². The Balaban J connectivity index is 1.92. The molecule has 0 aliphatic heterocycles. The largest absolute Gasteiger partial charge is 0.453 e. The van der Waals surface area contributed by atoms with Crippen LogP contribution in [0.1, 0.15) is 51.8 Å². The average molecular weight is 300 g/mol. The van der Waals surface area contributed by atoms with Gasteiger partial charge in [0.1, 0.15) is 5.76 Å². The molecule has 1 aromatic heterocycles. The van der Waals surface area contributed by atoms with E-state index < -0.39 is 0 Å². The van der Waals surface area contributed by atoms with Crippen molar-refractivity contribution >= 4 is 15.9 Å². The molecule has 0 amide bonds. The van der Waals surface area contributed by atoms with Crippen molar-refractivity contribution in [3.05, 3.63) is 22.6 Å². The molecule has 0 spiro atoms. The SMILES string of the molecule is CC1CC(C)CC(NC(C)c2ccc(Br)o2)C1. The topological polar surface area (TPSA) is 25.2 Å². The van der Waals surface area contributed by atoms with Crippen LogP contribution >= 0.6 is 15.9 Å². The minimum Gasteiger partial charge on any atom is -0.453 e. The van der Waals surface area contributed by atoms with Crippen LogP contribution in [0.2, 0.25) is 0 Å². The monoisotopic (exact) mass is 299 g/mol. The van der Waals surface area contributed by atoms with E-state index in [4.69, 9.17) is 4.42 Å². The van der Waals surface area contributed by atoms with E-state index >= 15 is 0 Å². The molecule has 96 valence electrons. The van der Waals surface area contributed by atoms with Crippen LogP contribution in [-0.2, 0) is 0 Å². The van der Waals surface area contributed by atoms with Crippen molar-refractivity contribution in [2.45, 2.75) is 52.1 Å². The van der Waals surface area contributed by atoms with Crippen molar-refractivity contribution in [3.8, 4) is 0 Å². The Morgan fingerprint density at radius 2 is 1.88 bits per heavy atom. The Kier molecular flexibility index (Phi) is 4.31. The van der Waals surface area contributed by atoms with E-state index in [1.165, 1.54) is 19.3 Å². The number of hydrogen-bond donors (Lipinski definition) is 1. The summed E-state index contributed by atoms with van der Waals surface area (Å²) in [4.78, 5) is 0. The number of rotatable bonds is 3. The number of nitrogens with one attached hydrogen (secondary N) is 1. The zero-order valence-corrected chi connectivity index (χ0v) is 12.5. The molecule has 2 rings (SSSR count). The zero-order chi connectivity index (χ0) is 12.4. The second-order valence-electron chi connectivity index (χ2n) is 5.64. The molecule has 3 atom stereocenters. The van der Waals surface area contributed by atoms with Gasteiger partial charge >= 0.3 is 0 Å². The zero-order valence-electron chi connectivity index (χ0n) is 10.9. The molecule has 2 nitrogen and oxygen atoms in total. The van der Waals surface area contributed by atoms with Crippen LogP contribution in [0.4, 0.5) is 0 Å². The van der Waals surface area contributed by atoms with Crippen molar-refractivity contribution in [1.29, 1.82) is 0 Å². The summed E-state index contributed by atoms with van der Waals surface area (Å²) in [6, 6.07) is 4.92. The first kappa shape index (κ1) is 13.2. The fourth-order valence-electron chi connectivity index (χ4n) is 3.08. The van der Waals surface area contributed by atoms with Gasteiger partial charge in [-0.3, -0.25) is 0 Å². The van der Waals surface area contributed by atoms with Gasteiger partial charge in [0.25, 0.3) is 0 Å². The molecule has 0 saturated heterocycles. The van der Waals surface area contributed by atoms with E-state index in [0.29, 0.717) is 12.1 Å². The number of hydrogen-bond acceptors (Lipinski definition) is 2. The molecular weight excluding hydrogens is 278 g/mol. The summed E-state index contributed by atoms with van der Waals surface area (Å²) >= 11 is 3.35. The van der Waals surface area contributed by atoms with Gasteiger partial charge in [-0.25, -0.2) is 0 Å². The quantitative estimate of drug-likeness (QED) is 0.888. The average Bonchev–Trinajstić information content (AvgIpc) is 2.63. The number of halogens is 1. The van der Waals surface area contributed by atoms with Gasteiger partial charge < -0.3 is 9.73 Å². The Labute approximate surface area is 112 Å². The lowest BCUT2D eigenvalue weighted by atomic mass is 9.80. The minimum atomic E-state index is 0.295. The van der Waals surface area contributed by atoms with Crippen molar-refractivity contribution in [3.63, 3.8) is 0 Å². The van der Waals surface area contributed by atoms with E-state index in [-0.39, 0.29) is 0 Å². The van der Waals surface area contributed by atoms with Crippen LogP contribution in [0.15, 0.2) is 21.2 Å². The highest BCUT2D eigenvalue weighted by atomic mass is 79.9. The second-order valence-corrected chi connectivity index (χ2v) is 6.43. The van der Waals surface area contributed by atoms with Crippen LogP contribution in [-0.4, -0.2) is 6.04 Å². The molecule has 3 heteroatoms.